The molecule has 3 heteroatoms. The summed E-state index contributed by atoms with van der Waals surface area (Å²) in [7, 11) is 0. The van der Waals surface area contributed by atoms with Gasteiger partial charge in [0.25, 0.3) is 0 Å². The number of hydrogen-bond donors (Lipinski definition) is 1. The topological polar surface area (TPSA) is 35.2 Å². The summed E-state index contributed by atoms with van der Waals surface area (Å²) >= 11 is 1.62. The van der Waals surface area contributed by atoms with Crippen molar-refractivity contribution in [3.63, 3.8) is 0 Å². The lowest BCUT2D eigenvalue weighted by atomic mass is 10.1. The molecule has 0 unspecified atom stereocenters. The van der Waals surface area contributed by atoms with Gasteiger partial charge in [0.1, 0.15) is 12.4 Å². The molecule has 0 atom stereocenters. The van der Waals surface area contributed by atoms with Crippen LogP contribution < -0.4 is 10.5 Å². The largest absolute Gasteiger partial charge is 0.489 e. The van der Waals surface area contributed by atoms with Gasteiger partial charge in [-0.05, 0) is 43.2 Å². The van der Waals surface area contributed by atoms with Crippen molar-refractivity contribution in [2.45, 2.75) is 13.8 Å². The predicted octanol–water partition coefficient (Wildman–Crippen LogP) is 4.26. The molecule has 0 saturated carbocycles. The first-order valence-electron chi connectivity index (χ1n) is 5.80. The number of hydrogen-bond acceptors (Lipinski definition) is 3. The van der Waals surface area contributed by atoms with Crippen LogP contribution in [0.1, 0.15) is 11.8 Å². The average molecular weight is 259 g/mol. The minimum Gasteiger partial charge on any atom is -0.489 e. The van der Waals surface area contributed by atoms with Crippen LogP contribution in [0.2, 0.25) is 0 Å². The highest BCUT2D eigenvalue weighted by Gasteiger charge is 2.06. The second-order valence-electron chi connectivity index (χ2n) is 4.41. The molecule has 0 aliphatic carbocycles. The van der Waals surface area contributed by atoms with Gasteiger partial charge >= 0.3 is 0 Å². The Bertz CT molecular complexity index is 554. The maximum Gasteiger partial charge on any atom is 0.119 e. The summed E-state index contributed by atoms with van der Waals surface area (Å²) in [6.45, 7) is 8.38. The summed E-state index contributed by atoms with van der Waals surface area (Å²) < 4.78 is 5.57. The van der Waals surface area contributed by atoms with E-state index >= 15 is 0 Å². The molecule has 0 amide bonds. The summed E-state index contributed by atoms with van der Waals surface area (Å²) in [4.78, 5) is 1.23. The van der Waals surface area contributed by atoms with Crippen LogP contribution in [0.4, 0.5) is 5.00 Å². The summed E-state index contributed by atoms with van der Waals surface area (Å²) in [6.07, 6.45) is 0. The van der Waals surface area contributed by atoms with Crippen LogP contribution in [0.25, 0.3) is 11.1 Å². The highest BCUT2D eigenvalue weighted by Crippen LogP contribution is 2.34. The van der Waals surface area contributed by atoms with Crippen molar-refractivity contribution in [3.05, 3.63) is 47.4 Å². The average Bonchev–Trinajstić information content (AvgIpc) is 2.66. The van der Waals surface area contributed by atoms with Gasteiger partial charge in [-0.1, -0.05) is 18.7 Å². The Labute approximate surface area is 112 Å². The molecule has 2 N–H and O–H groups in total. The molecule has 94 valence electrons. The fraction of sp³-hybridized carbons (Fsp3) is 0.200. The third-order valence-electron chi connectivity index (χ3n) is 2.53. The van der Waals surface area contributed by atoms with Crippen molar-refractivity contribution < 1.29 is 4.74 Å². The van der Waals surface area contributed by atoms with Crippen LogP contribution in [0.5, 0.6) is 5.75 Å². The van der Waals surface area contributed by atoms with Gasteiger partial charge in [0.05, 0.1) is 5.00 Å². The van der Waals surface area contributed by atoms with Crippen LogP contribution in [-0.4, -0.2) is 6.61 Å². The fourth-order valence-corrected chi connectivity index (χ4v) is 2.51. The minimum atomic E-state index is 0.555. The molecule has 1 heterocycles. The van der Waals surface area contributed by atoms with Gasteiger partial charge in [-0.25, -0.2) is 0 Å². The lowest BCUT2D eigenvalue weighted by Gasteiger charge is -2.06. The number of rotatable bonds is 4. The molecular weight excluding hydrogens is 242 g/mol. The molecule has 18 heavy (non-hydrogen) atoms. The normalized spacial score (nSPS) is 10.3. The number of benzene rings is 1. The van der Waals surface area contributed by atoms with E-state index in [4.69, 9.17) is 10.5 Å². The molecule has 0 aliphatic rings. The van der Waals surface area contributed by atoms with Crippen molar-refractivity contribution in [2.24, 2.45) is 0 Å². The van der Waals surface area contributed by atoms with Gasteiger partial charge in [-0.15, -0.1) is 11.3 Å². The summed E-state index contributed by atoms with van der Waals surface area (Å²) in [5.74, 6) is 0.854. The third-order valence-corrected chi connectivity index (χ3v) is 3.41. The molecule has 0 saturated heterocycles. The highest BCUT2D eigenvalue weighted by molar-refractivity contribution is 7.16. The Morgan fingerprint density at radius 3 is 2.50 bits per heavy atom. The van der Waals surface area contributed by atoms with E-state index in [-0.39, 0.29) is 0 Å². The summed E-state index contributed by atoms with van der Waals surface area (Å²) in [5, 5.41) is 0.864. The van der Waals surface area contributed by atoms with Crippen LogP contribution in [0.3, 0.4) is 0 Å². The van der Waals surface area contributed by atoms with Crippen molar-refractivity contribution >= 4 is 16.3 Å². The number of anilines is 1. The number of ether oxygens (including phenoxy) is 1. The zero-order valence-corrected chi connectivity index (χ0v) is 11.5. The standard InChI is InChI=1S/C15H17NOS/c1-10(2)9-17-13-6-4-12(5-7-13)14-8-11(3)18-15(14)16/h4-8H,1,9,16H2,2-3H3. The minimum absolute atomic E-state index is 0.555. The van der Waals surface area contributed by atoms with E-state index in [9.17, 15) is 0 Å². The van der Waals surface area contributed by atoms with E-state index in [2.05, 4.69) is 19.6 Å². The lowest BCUT2D eigenvalue weighted by Crippen LogP contribution is -1.97. The second kappa shape index (κ2) is 5.27. The summed E-state index contributed by atoms with van der Waals surface area (Å²) in [5.41, 5.74) is 9.22. The molecule has 0 fully saturated rings. The van der Waals surface area contributed by atoms with E-state index in [1.54, 1.807) is 11.3 Å². The Hall–Kier alpha value is -1.74. The van der Waals surface area contributed by atoms with Crippen LogP contribution in [0.15, 0.2) is 42.5 Å². The van der Waals surface area contributed by atoms with Crippen molar-refractivity contribution in [1.29, 1.82) is 0 Å². The Kier molecular flexibility index (Phi) is 3.72. The number of nitrogens with two attached hydrogens (primary N) is 1. The molecule has 2 aromatic rings. The number of thiophene rings is 1. The first kappa shape index (κ1) is 12.7. The van der Waals surface area contributed by atoms with Crippen LogP contribution >= 0.6 is 11.3 Å². The maximum atomic E-state index is 5.99. The van der Waals surface area contributed by atoms with Crippen LogP contribution in [-0.2, 0) is 0 Å². The zero-order valence-electron chi connectivity index (χ0n) is 10.7. The molecule has 0 aliphatic heterocycles. The van der Waals surface area contributed by atoms with Crippen LogP contribution in [0, 0.1) is 6.92 Å². The van der Waals surface area contributed by atoms with E-state index in [0.29, 0.717) is 6.61 Å². The number of nitrogen functional groups attached to an aromatic ring is 1. The molecule has 0 spiro atoms. The van der Waals surface area contributed by atoms with Crippen molar-refractivity contribution in [2.75, 3.05) is 12.3 Å². The van der Waals surface area contributed by atoms with E-state index in [1.807, 2.05) is 31.2 Å². The Morgan fingerprint density at radius 2 is 2.00 bits per heavy atom. The molecular formula is C15H17NOS. The molecule has 1 aromatic heterocycles. The Balaban J connectivity index is 2.17. The monoisotopic (exact) mass is 259 g/mol. The van der Waals surface area contributed by atoms with E-state index in [1.165, 1.54) is 4.88 Å². The van der Waals surface area contributed by atoms with Gasteiger partial charge in [0.2, 0.25) is 0 Å². The van der Waals surface area contributed by atoms with Gasteiger partial charge in [0, 0.05) is 10.4 Å². The molecule has 0 bridgehead atoms. The lowest BCUT2D eigenvalue weighted by molar-refractivity contribution is 0.353. The van der Waals surface area contributed by atoms with Crippen molar-refractivity contribution in [3.8, 4) is 16.9 Å². The smallest absolute Gasteiger partial charge is 0.119 e. The number of aryl methyl sites for hydroxylation is 1. The molecule has 1 aromatic carbocycles. The van der Waals surface area contributed by atoms with Crippen molar-refractivity contribution in [1.82, 2.24) is 0 Å². The predicted molar refractivity (Wildman–Crippen MR) is 79.2 cm³/mol. The summed E-state index contributed by atoms with van der Waals surface area (Å²) in [6, 6.07) is 10.1. The third kappa shape index (κ3) is 2.93. The molecule has 0 radical (unpaired) electrons. The van der Waals surface area contributed by atoms with Gasteiger partial charge in [0.15, 0.2) is 0 Å². The van der Waals surface area contributed by atoms with Gasteiger partial charge in [-0.3, -0.25) is 0 Å². The second-order valence-corrected chi connectivity index (χ2v) is 5.69. The van der Waals surface area contributed by atoms with Gasteiger partial charge < -0.3 is 10.5 Å². The zero-order chi connectivity index (χ0) is 13.1. The first-order chi connectivity index (χ1) is 8.56. The Morgan fingerprint density at radius 1 is 1.33 bits per heavy atom. The fourth-order valence-electron chi connectivity index (χ4n) is 1.70. The highest BCUT2D eigenvalue weighted by atomic mass is 32.1. The van der Waals surface area contributed by atoms with E-state index < -0.39 is 0 Å². The molecule has 2 nitrogen and oxygen atoms in total. The SMILES string of the molecule is C=C(C)COc1ccc(-c2cc(C)sc2N)cc1. The van der Waals surface area contributed by atoms with Gasteiger partial charge in [-0.2, -0.15) is 0 Å². The quantitative estimate of drug-likeness (QED) is 0.833. The van der Waals surface area contributed by atoms with E-state index in [0.717, 1.165) is 27.5 Å². The molecule has 2 rings (SSSR count). The maximum absolute atomic E-state index is 5.99. The first-order valence-corrected chi connectivity index (χ1v) is 6.61.